The molecule has 0 amide bonds. The van der Waals surface area contributed by atoms with Crippen LogP contribution in [0.1, 0.15) is 24.1 Å². The summed E-state index contributed by atoms with van der Waals surface area (Å²) in [5.41, 5.74) is 7.62. The molecule has 0 saturated heterocycles. The highest BCUT2D eigenvalue weighted by molar-refractivity contribution is 7.80. The van der Waals surface area contributed by atoms with Gasteiger partial charge in [0.15, 0.2) is 0 Å². The predicted molar refractivity (Wildman–Crippen MR) is 90.8 cm³/mol. The van der Waals surface area contributed by atoms with Gasteiger partial charge in [0.1, 0.15) is 10.8 Å². The van der Waals surface area contributed by atoms with Crippen LogP contribution in [0.4, 0.5) is 10.1 Å². The summed E-state index contributed by atoms with van der Waals surface area (Å²) in [6, 6.07) is 9.42. The molecule has 0 radical (unpaired) electrons. The summed E-state index contributed by atoms with van der Waals surface area (Å²) in [7, 11) is 0. The van der Waals surface area contributed by atoms with Crippen LogP contribution < -0.4 is 11.1 Å². The highest BCUT2D eigenvalue weighted by atomic mass is 35.5. The second-order valence-electron chi connectivity index (χ2n) is 4.59. The molecule has 0 spiro atoms. The molecule has 0 aromatic heterocycles. The molecular weight excluding hydrogens is 330 g/mol. The molecule has 0 aliphatic carbocycles. The molecule has 2 nitrogen and oxygen atoms in total. The second kappa shape index (κ2) is 6.60. The third kappa shape index (κ3) is 3.84. The minimum Gasteiger partial charge on any atom is -0.389 e. The van der Waals surface area contributed by atoms with Crippen molar-refractivity contribution >= 4 is 46.1 Å². The first-order chi connectivity index (χ1) is 9.88. The van der Waals surface area contributed by atoms with Crippen molar-refractivity contribution in [3.8, 4) is 0 Å². The smallest absolute Gasteiger partial charge is 0.124 e. The highest BCUT2D eigenvalue weighted by Gasteiger charge is 2.13. The second-order valence-corrected chi connectivity index (χ2v) is 5.87. The van der Waals surface area contributed by atoms with Gasteiger partial charge in [-0.3, -0.25) is 0 Å². The standard InChI is InChI=1S/C15H13Cl2FN2S/c1-8(11-4-2-9(16)6-13(11)17)20-14-5-3-10(18)7-12(14)15(19)21/h2-8,20H,1H3,(H2,19,21). The molecule has 1 unspecified atom stereocenters. The predicted octanol–water partition coefficient (Wildman–Crippen LogP) is 4.94. The minimum atomic E-state index is -0.388. The zero-order chi connectivity index (χ0) is 15.6. The van der Waals surface area contributed by atoms with Gasteiger partial charge in [-0.1, -0.05) is 41.5 Å². The molecule has 0 heterocycles. The van der Waals surface area contributed by atoms with E-state index in [0.29, 0.717) is 21.3 Å². The average Bonchev–Trinajstić information content (AvgIpc) is 2.40. The Morgan fingerprint density at radius 3 is 2.57 bits per heavy atom. The van der Waals surface area contributed by atoms with Gasteiger partial charge in [0, 0.05) is 21.3 Å². The Bertz CT molecular complexity index is 691. The minimum absolute atomic E-state index is 0.117. The van der Waals surface area contributed by atoms with Gasteiger partial charge in [0.2, 0.25) is 0 Å². The molecule has 0 fully saturated rings. The Kier molecular flexibility index (Phi) is 5.04. The fourth-order valence-electron chi connectivity index (χ4n) is 2.01. The van der Waals surface area contributed by atoms with Gasteiger partial charge >= 0.3 is 0 Å². The fraction of sp³-hybridized carbons (Fsp3) is 0.133. The summed E-state index contributed by atoms with van der Waals surface area (Å²) >= 11 is 17.0. The maximum atomic E-state index is 13.3. The van der Waals surface area contributed by atoms with E-state index in [1.54, 1.807) is 18.2 Å². The van der Waals surface area contributed by atoms with Crippen LogP contribution in [0.25, 0.3) is 0 Å². The zero-order valence-electron chi connectivity index (χ0n) is 11.2. The van der Waals surface area contributed by atoms with Crippen LogP contribution in [0.3, 0.4) is 0 Å². The van der Waals surface area contributed by atoms with Crippen LogP contribution >= 0.6 is 35.4 Å². The Morgan fingerprint density at radius 2 is 1.95 bits per heavy atom. The molecule has 0 aliphatic heterocycles. The quantitative estimate of drug-likeness (QED) is 0.772. The molecule has 2 aromatic carbocycles. The van der Waals surface area contributed by atoms with Crippen LogP contribution in [-0.2, 0) is 0 Å². The van der Waals surface area contributed by atoms with Crippen molar-refractivity contribution in [2.45, 2.75) is 13.0 Å². The number of rotatable bonds is 4. The molecule has 0 aliphatic rings. The van der Waals surface area contributed by atoms with Gasteiger partial charge in [0.05, 0.1) is 6.04 Å². The summed E-state index contributed by atoms with van der Waals surface area (Å²) < 4.78 is 13.3. The van der Waals surface area contributed by atoms with Gasteiger partial charge in [-0.05, 0) is 42.8 Å². The van der Waals surface area contributed by atoms with E-state index in [1.165, 1.54) is 12.1 Å². The summed E-state index contributed by atoms with van der Waals surface area (Å²) in [6.07, 6.45) is 0. The monoisotopic (exact) mass is 342 g/mol. The summed E-state index contributed by atoms with van der Waals surface area (Å²) in [4.78, 5) is 0.131. The number of benzene rings is 2. The molecule has 6 heteroatoms. The van der Waals surface area contributed by atoms with Crippen molar-refractivity contribution in [3.05, 3.63) is 63.4 Å². The number of nitrogens with one attached hydrogen (secondary N) is 1. The molecule has 3 N–H and O–H groups in total. The van der Waals surface area contributed by atoms with E-state index in [9.17, 15) is 4.39 Å². The van der Waals surface area contributed by atoms with E-state index in [4.69, 9.17) is 41.2 Å². The van der Waals surface area contributed by atoms with Crippen LogP contribution in [0, 0.1) is 5.82 Å². The van der Waals surface area contributed by atoms with E-state index in [2.05, 4.69) is 5.32 Å². The number of thiocarbonyl (C=S) groups is 1. The molecule has 0 bridgehead atoms. The molecule has 110 valence electrons. The van der Waals surface area contributed by atoms with Crippen LogP contribution in [0.2, 0.25) is 10.0 Å². The molecule has 2 rings (SSSR count). The van der Waals surface area contributed by atoms with Gasteiger partial charge in [-0.2, -0.15) is 0 Å². The Balaban J connectivity index is 2.31. The highest BCUT2D eigenvalue weighted by Crippen LogP contribution is 2.29. The lowest BCUT2D eigenvalue weighted by Crippen LogP contribution is -2.15. The van der Waals surface area contributed by atoms with Gasteiger partial charge < -0.3 is 11.1 Å². The summed E-state index contributed by atoms with van der Waals surface area (Å²) in [6.45, 7) is 1.93. The maximum absolute atomic E-state index is 13.3. The molecular formula is C15H13Cl2FN2S. The topological polar surface area (TPSA) is 38.0 Å². The van der Waals surface area contributed by atoms with Crippen molar-refractivity contribution in [1.29, 1.82) is 0 Å². The van der Waals surface area contributed by atoms with Crippen molar-refractivity contribution in [3.63, 3.8) is 0 Å². The van der Waals surface area contributed by atoms with E-state index < -0.39 is 0 Å². The number of halogens is 3. The normalized spacial score (nSPS) is 12.0. The molecule has 1 atom stereocenters. The van der Waals surface area contributed by atoms with Gasteiger partial charge in [-0.15, -0.1) is 0 Å². The van der Waals surface area contributed by atoms with Gasteiger partial charge in [-0.25, -0.2) is 4.39 Å². The molecule has 2 aromatic rings. The zero-order valence-corrected chi connectivity index (χ0v) is 13.5. The van der Waals surface area contributed by atoms with E-state index in [1.807, 2.05) is 13.0 Å². The van der Waals surface area contributed by atoms with Crippen LogP contribution in [-0.4, -0.2) is 4.99 Å². The van der Waals surface area contributed by atoms with E-state index >= 15 is 0 Å². The third-order valence-electron chi connectivity index (χ3n) is 3.05. The van der Waals surface area contributed by atoms with E-state index in [0.717, 1.165) is 5.56 Å². The third-order valence-corrected chi connectivity index (χ3v) is 3.83. The lowest BCUT2D eigenvalue weighted by atomic mass is 10.1. The Morgan fingerprint density at radius 1 is 1.24 bits per heavy atom. The number of hydrogen-bond acceptors (Lipinski definition) is 2. The fourth-order valence-corrected chi connectivity index (χ4v) is 2.75. The molecule has 21 heavy (non-hydrogen) atoms. The van der Waals surface area contributed by atoms with Crippen LogP contribution in [0.5, 0.6) is 0 Å². The Hall–Kier alpha value is -1.36. The first-order valence-corrected chi connectivity index (χ1v) is 7.35. The van der Waals surface area contributed by atoms with Crippen molar-refractivity contribution in [1.82, 2.24) is 0 Å². The number of anilines is 1. The van der Waals surface area contributed by atoms with Crippen molar-refractivity contribution in [2.24, 2.45) is 5.73 Å². The number of nitrogens with two attached hydrogens (primary N) is 1. The lowest BCUT2D eigenvalue weighted by molar-refractivity contribution is 0.627. The van der Waals surface area contributed by atoms with Gasteiger partial charge in [0.25, 0.3) is 0 Å². The number of hydrogen-bond donors (Lipinski definition) is 2. The first-order valence-electron chi connectivity index (χ1n) is 6.19. The van der Waals surface area contributed by atoms with E-state index in [-0.39, 0.29) is 16.8 Å². The first kappa shape index (κ1) is 16.0. The maximum Gasteiger partial charge on any atom is 0.124 e. The summed E-state index contributed by atoms with van der Waals surface area (Å²) in [5.74, 6) is -0.388. The van der Waals surface area contributed by atoms with Crippen molar-refractivity contribution in [2.75, 3.05) is 5.32 Å². The SMILES string of the molecule is CC(Nc1ccc(F)cc1C(N)=S)c1ccc(Cl)cc1Cl. The Labute approximate surface area is 138 Å². The van der Waals surface area contributed by atoms with Crippen molar-refractivity contribution < 1.29 is 4.39 Å². The lowest BCUT2D eigenvalue weighted by Gasteiger charge is -2.19. The largest absolute Gasteiger partial charge is 0.389 e. The van der Waals surface area contributed by atoms with Crippen LogP contribution in [0.15, 0.2) is 36.4 Å². The average molecular weight is 343 g/mol. The molecule has 0 saturated carbocycles. The summed E-state index contributed by atoms with van der Waals surface area (Å²) in [5, 5.41) is 4.36.